The second-order valence-electron chi connectivity index (χ2n) is 14.2. The van der Waals surface area contributed by atoms with Crippen LogP contribution >= 0.6 is 11.3 Å². The molecule has 10 aromatic rings. The third-order valence-electron chi connectivity index (χ3n) is 11.0. The highest BCUT2D eigenvalue weighted by Gasteiger charge is 2.36. The highest BCUT2D eigenvalue weighted by molar-refractivity contribution is 7.26. The summed E-state index contributed by atoms with van der Waals surface area (Å²) < 4.78 is 4.64. The third kappa shape index (κ3) is 4.11. The van der Waals surface area contributed by atoms with Gasteiger partial charge in [0.05, 0.1) is 26.9 Å². The number of aromatic nitrogens is 3. The number of rotatable bonds is 3. The SMILES string of the molecule is CC1(C)c2ccccc2-c2cc3c4cc5ccccc5cc4n(-c4nc(-c5cccc(-c6ccccc6)c5)c5sc6ccccc6c5n4)c3cc21. The first kappa shape index (κ1) is 28.7. The van der Waals surface area contributed by atoms with Crippen LogP contribution in [0.25, 0.3) is 92.3 Å². The molecule has 0 saturated carbocycles. The second-order valence-corrected chi connectivity index (χ2v) is 15.3. The van der Waals surface area contributed by atoms with E-state index in [2.05, 4.69) is 170 Å². The highest BCUT2D eigenvalue weighted by Crippen LogP contribution is 2.51. The van der Waals surface area contributed by atoms with E-state index in [1.807, 2.05) is 0 Å². The van der Waals surface area contributed by atoms with E-state index in [1.54, 1.807) is 11.3 Å². The fourth-order valence-corrected chi connectivity index (χ4v) is 9.62. The van der Waals surface area contributed by atoms with Crippen LogP contribution in [0.1, 0.15) is 25.0 Å². The molecule has 0 radical (unpaired) electrons. The maximum absolute atomic E-state index is 5.56. The lowest BCUT2D eigenvalue weighted by Crippen LogP contribution is -2.15. The van der Waals surface area contributed by atoms with Crippen molar-refractivity contribution in [1.29, 1.82) is 0 Å². The summed E-state index contributed by atoms with van der Waals surface area (Å²) in [5, 5.41) is 6.01. The normalized spacial score (nSPS) is 13.5. The molecule has 0 amide bonds. The number of fused-ring (bicyclic) bond motifs is 10. The maximum atomic E-state index is 5.56. The molecule has 1 aliphatic rings. The standard InChI is InChI=1S/C47H31N3S/c1-47(2)38-21-10-8-19-33(38)35-26-37-36-24-30-15-6-7-16-31(30)25-40(36)50(41(37)27-39(35)47)46-48-43(45-44(49-46)34-20-9-11-22-42(34)51-45)32-18-12-17-29(23-32)28-13-4-3-5-14-28/h3-27H,1-2H3. The van der Waals surface area contributed by atoms with Gasteiger partial charge in [-0.15, -0.1) is 11.3 Å². The zero-order chi connectivity index (χ0) is 33.8. The summed E-state index contributed by atoms with van der Waals surface area (Å²) in [5.74, 6) is 0.690. The molecule has 1 aliphatic carbocycles. The van der Waals surface area contributed by atoms with Crippen LogP contribution in [0.5, 0.6) is 0 Å². The molecule has 0 spiro atoms. The summed E-state index contributed by atoms with van der Waals surface area (Å²) in [6.07, 6.45) is 0. The minimum atomic E-state index is -0.135. The maximum Gasteiger partial charge on any atom is 0.235 e. The Morgan fingerprint density at radius 3 is 2.08 bits per heavy atom. The molecule has 0 fully saturated rings. The van der Waals surface area contributed by atoms with E-state index in [0.29, 0.717) is 5.95 Å². The molecule has 0 aliphatic heterocycles. The van der Waals surface area contributed by atoms with E-state index in [9.17, 15) is 0 Å². The molecule has 0 bridgehead atoms. The first-order valence-electron chi connectivity index (χ1n) is 17.5. The number of hydrogen-bond donors (Lipinski definition) is 0. The van der Waals surface area contributed by atoms with Crippen LogP contribution in [0.4, 0.5) is 0 Å². The van der Waals surface area contributed by atoms with E-state index in [0.717, 1.165) is 37.9 Å². The molecule has 0 unspecified atom stereocenters. The average Bonchev–Trinajstić information content (AvgIpc) is 3.78. The van der Waals surface area contributed by atoms with Crippen molar-refractivity contribution in [2.24, 2.45) is 0 Å². The lowest BCUT2D eigenvalue weighted by atomic mass is 9.82. The molecule has 0 saturated heterocycles. The summed E-state index contributed by atoms with van der Waals surface area (Å²) in [7, 11) is 0. The van der Waals surface area contributed by atoms with Crippen molar-refractivity contribution < 1.29 is 0 Å². The van der Waals surface area contributed by atoms with Crippen molar-refractivity contribution in [3.8, 4) is 39.5 Å². The smallest absolute Gasteiger partial charge is 0.235 e. The summed E-state index contributed by atoms with van der Waals surface area (Å²) in [5.41, 5.74) is 12.8. The third-order valence-corrected chi connectivity index (χ3v) is 12.2. The van der Waals surface area contributed by atoms with Gasteiger partial charge < -0.3 is 0 Å². The molecule has 3 aromatic heterocycles. The molecular weight excluding hydrogens is 639 g/mol. The van der Waals surface area contributed by atoms with Gasteiger partial charge in [-0.1, -0.05) is 129 Å². The van der Waals surface area contributed by atoms with Gasteiger partial charge in [0, 0.05) is 31.8 Å². The molecule has 0 N–H and O–H groups in total. The Bertz CT molecular complexity index is 3060. The quantitative estimate of drug-likeness (QED) is 0.187. The first-order chi connectivity index (χ1) is 25.0. The largest absolute Gasteiger partial charge is 0.278 e. The van der Waals surface area contributed by atoms with Gasteiger partial charge in [-0.25, -0.2) is 9.97 Å². The first-order valence-corrected chi connectivity index (χ1v) is 18.3. The lowest BCUT2D eigenvalue weighted by molar-refractivity contribution is 0.661. The molecule has 4 heteroatoms. The summed E-state index contributed by atoms with van der Waals surface area (Å²) >= 11 is 1.77. The molecule has 3 heterocycles. The Hall–Kier alpha value is -6.10. The summed E-state index contributed by atoms with van der Waals surface area (Å²) in [4.78, 5) is 11.0. The van der Waals surface area contributed by atoms with Crippen molar-refractivity contribution in [3.05, 3.63) is 163 Å². The van der Waals surface area contributed by atoms with Gasteiger partial charge in [0.1, 0.15) is 0 Å². The van der Waals surface area contributed by atoms with Crippen molar-refractivity contribution in [2.75, 3.05) is 0 Å². The molecule has 240 valence electrons. The number of hydrogen-bond acceptors (Lipinski definition) is 3. The van der Waals surface area contributed by atoms with Crippen molar-refractivity contribution in [3.63, 3.8) is 0 Å². The molecule has 0 atom stereocenters. The average molecular weight is 670 g/mol. The second kappa shape index (κ2) is 10.5. The lowest BCUT2D eigenvalue weighted by Gasteiger charge is -2.21. The number of thiophene rings is 1. The highest BCUT2D eigenvalue weighted by atomic mass is 32.1. The molecule has 7 aromatic carbocycles. The van der Waals surface area contributed by atoms with Gasteiger partial charge in [0.25, 0.3) is 0 Å². The molecule has 11 rings (SSSR count). The van der Waals surface area contributed by atoms with Crippen LogP contribution < -0.4 is 0 Å². The predicted octanol–water partition coefficient (Wildman–Crippen LogP) is 12.7. The van der Waals surface area contributed by atoms with Crippen LogP contribution in [-0.2, 0) is 5.41 Å². The number of benzene rings is 7. The van der Waals surface area contributed by atoms with Crippen LogP contribution in [0, 0.1) is 0 Å². The van der Waals surface area contributed by atoms with E-state index in [4.69, 9.17) is 9.97 Å². The zero-order valence-electron chi connectivity index (χ0n) is 28.2. The van der Waals surface area contributed by atoms with Gasteiger partial charge >= 0.3 is 0 Å². The van der Waals surface area contributed by atoms with Crippen molar-refractivity contribution in [1.82, 2.24) is 14.5 Å². The van der Waals surface area contributed by atoms with E-state index < -0.39 is 0 Å². The fraction of sp³-hybridized carbons (Fsp3) is 0.0638. The minimum absolute atomic E-state index is 0.135. The van der Waals surface area contributed by atoms with Gasteiger partial charge in [0.15, 0.2) is 0 Å². The van der Waals surface area contributed by atoms with Gasteiger partial charge in [0.2, 0.25) is 5.95 Å². The Morgan fingerprint density at radius 1 is 0.510 bits per heavy atom. The van der Waals surface area contributed by atoms with E-state index in [-0.39, 0.29) is 5.41 Å². The van der Waals surface area contributed by atoms with Crippen molar-refractivity contribution >= 4 is 64.2 Å². The van der Waals surface area contributed by atoms with E-state index in [1.165, 1.54) is 59.6 Å². The monoisotopic (exact) mass is 669 g/mol. The topological polar surface area (TPSA) is 30.7 Å². The Labute approximate surface area is 299 Å². The number of nitrogens with zero attached hydrogens (tertiary/aromatic N) is 3. The fourth-order valence-electron chi connectivity index (χ4n) is 8.46. The van der Waals surface area contributed by atoms with Gasteiger partial charge in [-0.2, -0.15) is 0 Å². The van der Waals surface area contributed by atoms with Gasteiger partial charge in [-0.05, 0) is 80.6 Å². The Kier molecular flexibility index (Phi) is 5.89. The van der Waals surface area contributed by atoms with Crippen LogP contribution in [0.3, 0.4) is 0 Å². The Balaban J connectivity index is 1.26. The van der Waals surface area contributed by atoms with Crippen LogP contribution in [-0.4, -0.2) is 14.5 Å². The van der Waals surface area contributed by atoms with Crippen LogP contribution in [0.2, 0.25) is 0 Å². The summed E-state index contributed by atoms with van der Waals surface area (Å²) in [6, 6.07) is 55.1. The van der Waals surface area contributed by atoms with Crippen molar-refractivity contribution in [2.45, 2.75) is 19.3 Å². The minimum Gasteiger partial charge on any atom is -0.278 e. The predicted molar refractivity (Wildman–Crippen MR) is 215 cm³/mol. The van der Waals surface area contributed by atoms with E-state index >= 15 is 0 Å². The molecular formula is C47H31N3S. The summed E-state index contributed by atoms with van der Waals surface area (Å²) in [6.45, 7) is 4.70. The Morgan fingerprint density at radius 2 is 1.20 bits per heavy atom. The molecule has 3 nitrogen and oxygen atoms in total. The van der Waals surface area contributed by atoms with Crippen LogP contribution in [0.15, 0.2) is 152 Å². The molecule has 51 heavy (non-hydrogen) atoms. The van der Waals surface area contributed by atoms with Gasteiger partial charge in [-0.3, -0.25) is 4.57 Å². The zero-order valence-corrected chi connectivity index (χ0v) is 29.0.